The van der Waals surface area contributed by atoms with Gasteiger partial charge in [-0.2, -0.15) is 10.2 Å². The van der Waals surface area contributed by atoms with Gasteiger partial charge in [0.1, 0.15) is 23.8 Å². The highest BCUT2D eigenvalue weighted by Gasteiger charge is 2.25. The minimum atomic E-state index is -0.278. The smallest absolute Gasteiger partial charge is 0.159 e. The lowest BCUT2D eigenvalue weighted by Gasteiger charge is -2.12. The van der Waals surface area contributed by atoms with E-state index in [1.165, 1.54) is 31.3 Å². The molecule has 1 aliphatic rings. The van der Waals surface area contributed by atoms with Crippen LogP contribution in [0.1, 0.15) is 29.8 Å². The Morgan fingerprint density at radius 3 is 2.52 bits per heavy atom. The second kappa shape index (κ2) is 8.28. The van der Waals surface area contributed by atoms with Gasteiger partial charge >= 0.3 is 0 Å². The van der Waals surface area contributed by atoms with Gasteiger partial charge in [0, 0.05) is 23.7 Å². The Morgan fingerprint density at radius 1 is 1.09 bits per heavy atom. The zero-order valence-corrected chi connectivity index (χ0v) is 18.6. The summed E-state index contributed by atoms with van der Waals surface area (Å²) in [5.41, 5.74) is 6.25. The highest BCUT2D eigenvalue weighted by atomic mass is 19.1. The van der Waals surface area contributed by atoms with Crippen LogP contribution >= 0.6 is 0 Å². The van der Waals surface area contributed by atoms with Crippen molar-refractivity contribution < 1.29 is 4.39 Å². The molecule has 2 N–H and O–H groups in total. The summed E-state index contributed by atoms with van der Waals surface area (Å²) in [6.07, 6.45) is 3.84. The molecule has 170 valence electrons. The van der Waals surface area contributed by atoms with Crippen molar-refractivity contribution in [2.45, 2.75) is 40.2 Å². The summed E-state index contributed by atoms with van der Waals surface area (Å²) in [7, 11) is 0. The highest BCUT2D eigenvalue weighted by Crippen LogP contribution is 2.35. The van der Waals surface area contributed by atoms with E-state index < -0.39 is 0 Å². The summed E-state index contributed by atoms with van der Waals surface area (Å²) in [5.74, 6) is 2.29. The largest absolute Gasteiger partial charge is 0.761 e. The Balaban J connectivity index is 1.51. The summed E-state index contributed by atoms with van der Waals surface area (Å²) < 4.78 is 17.0. The summed E-state index contributed by atoms with van der Waals surface area (Å²) in [5, 5.41) is 23.9. The van der Waals surface area contributed by atoms with Crippen molar-refractivity contribution in [1.82, 2.24) is 29.5 Å². The third kappa shape index (κ3) is 4.05. The van der Waals surface area contributed by atoms with E-state index in [0.29, 0.717) is 34.6 Å². The second-order valence-corrected chi connectivity index (χ2v) is 8.40. The molecule has 0 unspecified atom stereocenters. The van der Waals surface area contributed by atoms with Gasteiger partial charge < -0.3 is 16.0 Å². The maximum atomic E-state index is 13.4. The fourth-order valence-electron chi connectivity index (χ4n) is 3.93. The predicted molar refractivity (Wildman–Crippen MR) is 124 cm³/mol. The lowest BCUT2D eigenvalue weighted by molar-refractivity contribution is 0.571. The molecule has 0 amide bonds. The fraction of sp³-hybridized carbons (Fsp3) is 0.304. The first-order valence-electron chi connectivity index (χ1n) is 10.8. The van der Waals surface area contributed by atoms with Gasteiger partial charge in [-0.25, -0.2) is 23.7 Å². The standard InChI is InChI=1S/C23H24FN8O/c1-13-21(17-6-8-18(24)9-7-17)29-31(11-16-4-5-16)23(13)27-19-10-20(26-12-25-19)32-15(3)22(30-33)14(2)28-32/h6-10,12,16,30H,4-5,11H2,1-3H3,(H,25,26,27)/q-1. The molecule has 3 aromatic heterocycles. The van der Waals surface area contributed by atoms with Gasteiger partial charge in [-0.3, -0.25) is 0 Å². The van der Waals surface area contributed by atoms with Crippen LogP contribution in [0.4, 0.5) is 21.7 Å². The van der Waals surface area contributed by atoms with Crippen LogP contribution in [0.25, 0.3) is 17.1 Å². The molecule has 0 radical (unpaired) electrons. The van der Waals surface area contributed by atoms with Crippen molar-refractivity contribution in [3.8, 4) is 17.1 Å². The van der Waals surface area contributed by atoms with Gasteiger partial charge in [0.2, 0.25) is 0 Å². The number of hydrogen-bond acceptors (Lipinski definition) is 7. The van der Waals surface area contributed by atoms with Crippen LogP contribution in [-0.4, -0.2) is 29.5 Å². The monoisotopic (exact) mass is 447 g/mol. The van der Waals surface area contributed by atoms with Gasteiger partial charge in [-0.05, 0) is 63.8 Å². The van der Waals surface area contributed by atoms with Crippen LogP contribution in [-0.2, 0) is 6.54 Å². The minimum Gasteiger partial charge on any atom is -0.761 e. The Labute approximate surface area is 190 Å². The molecule has 1 aliphatic carbocycles. The molecular formula is C23H24FN8O-. The molecule has 1 fully saturated rings. The van der Waals surface area contributed by atoms with E-state index in [-0.39, 0.29) is 5.82 Å². The predicted octanol–water partition coefficient (Wildman–Crippen LogP) is 4.65. The van der Waals surface area contributed by atoms with Crippen molar-refractivity contribution >= 4 is 17.3 Å². The van der Waals surface area contributed by atoms with Gasteiger partial charge in [-0.1, -0.05) is 0 Å². The van der Waals surface area contributed by atoms with E-state index in [2.05, 4.69) is 20.4 Å². The summed E-state index contributed by atoms with van der Waals surface area (Å²) in [4.78, 5) is 8.71. The highest BCUT2D eigenvalue weighted by molar-refractivity contribution is 5.71. The molecule has 0 spiro atoms. The molecule has 5 rings (SSSR count). The number of nitrogens with one attached hydrogen (secondary N) is 2. The Kier molecular flexibility index (Phi) is 5.29. The zero-order valence-electron chi connectivity index (χ0n) is 18.6. The molecule has 0 saturated heterocycles. The lowest BCUT2D eigenvalue weighted by Crippen LogP contribution is -2.09. The van der Waals surface area contributed by atoms with Crippen molar-refractivity contribution in [3.63, 3.8) is 0 Å². The van der Waals surface area contributed by atoms with Gasteiger partial charge in [0.15, 0.2) is 5.82 Å². The van der Waals surface area contributed by atoms with Crippen molar-refractivity contribution in [1.29, 1.82) is 0 Å². The number of anilines is 3. The normalized spacial score (nSPS) is 13.4. The molecule has 33 heavy (non-hydrogen) atoms. The molecular weight excluding hydrogens is 423 g/mol. The summed E-state index contributed by atoms with van der Waals surface area (Å²) in [6.45, 7) is 6.37. The van der Waals surface area contributed by atoms with E-state index in [0.717, 1.165) is 29.2 Å². The summed E-state index contributed by atoms with van der Waals surface area (Å²) in [6, 6.07) is 8.14. The first kappa shape index (κ1) is 21.1. The van der Waals surface area contributed by atoms with E-state index in [1.54, 1.807) is 36.7 Å². The Bertz CT molecular complexity index is 1310. The molecule has 1 saturated carbocycles. The zero-order chi connectivity index (χ0) is 23.1. The number of halogens is 1. The molecule has 4 aromatic rings. The third-order valence-corrected chi connectivity index (χ3v) is 5.94. The average molecular weight is 447 g/mol. The van der Waals surface area contributed by atoms with Crippen LogP contribution in [0.3, 0.4) is 0 Å². The fourth-order valence-corrected chi connectivity index (χ4v) is 3.93. The topological polar surface area (TPSA) is 109 Å². The second-order valence-electron chi connectivity index (χ2n) is 8.40. The molecule has 3 heterocycles. The first-order chi connectivity index (χ1) is 15.9. The summed E-state index contributed by atoms with van der Waals surface area (Å²) >= 11 is 0. The number of hydrogen-bond donors (Lipinski definition) is 2. The third-order valence-electron chi connectivity index (χ3n) is 5.94. The molecule has 9 nitrogen and oxygen atoms in total. The van der Waals surface area contributed by atoms with E-state index in [4.69, 9.17) is 5.10 Å². The Morgan fingerprint density at radius 2 is 1.85 bits per heavy atom. The Hall–Kier alpha value is -3.79. The number of benzene rings is 1. The van der Waals surface area contributed by atoms with Crippen molar-refractivity contribution in [2.75, 3.05) is 10.8 Å². The van der Waals surface area contributed by atoms with Gasteiger partial charge in [0.05, 0.1) is 22.8 Å². The minimum absolute atomic E-state index is 0.278. The van der Waals surface area contributed by atoms with Crippen LogP contribution in [0.5, 0.6) is 0 Å². The van der Waals surface area contributed by atoms with Crippen LogP contribution in [0.15, 0.2) is 36.7 Å². The SMILES string of the molecule is Cc1nn(-c2cc(Nc3c(C)c(-c4ccc(F)cc4)nn3CC3CC3)ncn2)c(C)c1N[O-]. The molecule has 0 atom stereocenters. The van der Waals surface area contributed by atoms with Crippen LogP contribution in [0, 0.1) is 37.7 Å². The number of rotatable bonds is 7. The van der Waals surface area contributed by atoms with Crippen molar-refractivity contribution in [2.24, 2.45) is 5.92 Å². The van der Waals surface area contributed by atoms with Gasteiger partial charge in [-0.15, -0.1) is 0 Å². The molecule has 1 aromatic carbocycles. The van der Waals surface area contributed by atoms with Gasteiger partial charge in [0.25, 0.3) is 0 Å². The first-order valence-corrected chi connectivity index (χ1v) is 10.8. The quantitative estimate of drug-likeness (QED) is 0.397. The average Bonchev–Trinajstić information content (AvgIpc) is 3.52. The number of aromatic nitrogens is 6. The lowest BCUT2D eigenvalue weighted by atomic mass is 10.1. The van der Waals surface area contributed by atoms with E-state index in [1.807, 2.05) is 17.1 Å². The van der Waals surface area contributed by atoms with Crippen LogP contribution in [0.2, 0.25) is 0 Å². The van der Waals surface area contributed by atoms with E-state index in [9.17, 15) is 9.60 Å². The maximum Gasteiger partial charge on any atom is 0.159 e. The maximum absolute atomic E-state index is 13.4. The van der Waals surface area contributed by atoms with Crippen LogP contribution < -0.4 is 10.8 Å². The van der Waals surface area contributed by atoms with Crippen molar-refractivity contribution in [3.05, 3.63) is 64.6 Å². The number of aryl methyl sites for hydroxylation is 1. The number of nitrogens with zero attached hydrogens (tertiary/aromatic N) is 6. The molecule has 0 bridgehead atoms. The molecule has 10 heteroatoms. The van der Waals surface area contributed by atoms with E-state index >= 15 is 0 Å². The molecule has 0 aliphatic heterocycles.